The summed E-state index contributed by atoms with van der Waals surface area (Å²) in [5.41, 5.74) is 7.82. The van der Waals surface area contributed by atoms with E-state index in [4.69, 9.17) is 17.3 Å². The largest absolute Gasteiger partial charge is 0.322 e. The first-order chi connectivity index (χ1) is 8.06. The number of aromatic nitrogens is 1. The Morgan fingerprint density at radius 3 is 2.88 bits per heavy atom. The van der Waals surface area contributed by atoms with E-state index < -0.39 is 5.82 Å². The molecule has 90 valence electrons. The molecule has 1 aromatic heterocycles. The SMILES string of the molecule is Cc1nc(C(N)Cc2ccc(F)c(Cl)c2)cs1. The van der Waals surface area contributed by atoms with Crippen LogP contribution in [0, 0.1) is 12.7 Å². The van der Waals surface area contributed by atoms with Gasteiger partial charge in [0, 0.05) is 5.38 Å². The lowest BCUT2D eigenvalue weighted by molar-refractivity contribution is 0.625. The van der Waals surface area contributed by atoms with Crippen LogP contribution < -0.4 is 5.73 Å². The highest BCUT2D eigenvalue weighted by Crippen LogP contribution is 2.21. The highest BCUT2D eigenvalue weighted by atomic mass is 35.5. The van der Waals surface area contributed by atoms with Gasteiger partial charge < -0.3 is 5.73 Å². The van der Waals surface area contributed by atoms with Crippen molar-refractivity contribution in [1.29, 1.82) is 0 Å². The van der Waals surface area contributed by atoms with Crippen molar-refractivity contribution in [1.82, 2.24) is 4.98 Å². The van der Waals surface area contributed by atoms with Crippen molar-refractivity contribution in [2.24, 2.45) is 5.73 Å². The fourth-order valence-corrected chi connectivity index (χ4v) is 2.46. The van der Waals surface area contributed by atoms with E-state index in [2.05, 4.69) is 4.98 Å². The van der Waals surface area contributed by atoms with Crippen LogP contribution >= 0.6 is 22.9 Å². The van der Waals surface area contributed by atoms with Crippen molar-refractivity contribution in [3.63, 3.8) is 0 Å². The first-order valence-electron chi connectivity index (χ1n) is 5.18. The number of aryl methyl sites for hydroxylation is 1. The van der Waals surface area contributed by atoms with Crippen molar-refractivity contribution in [2.45, 2.75) is 19.4 Å². The Balaban J connectivity index is 2.12. The molecule has 1 unspecified atom stereocenters. The fraction of sp³-hybridized carbons (Fsp3) is 0.250. The number of hydrogen-bond donors (Lipinski definition) is 1. The van der Waals surface area contributed by atoms with Gasteiger partial charge in [-0.3, -0.25) is 0 Å². The Morgan fingerprint density at radius 2 is 2.29 bits per heavy atom. The van der Waals surface area contributed by atoms with Gasteiger partial charge in [0.15, 0.2) is 0 Å². The second kappa shape index (κ2) is 5.12. The highest BCUT2D eigenvalue weighted by Gasteiger charge is 2.11. The molecular formula is C12H12ClFN2S. The summed E-state index contributed by atoms with van der Waals surface area (Å²) in [6.45, 7) is 1.94. The molecule has 0 radical (unpaired) electrons. The lowest BCUT2D eigenvalue weighted by Crippen LogP contribution is -2.13. The van der Waals surface area contributed by atoms with Crippen LogP contribution in [0.5, 0.6) is 0 Å². The van der Waals surface area contributed by atoms with Crippen molar-refractivity contribution >= 4 is 22.9 Å². The minimum Gasteiger partial charge on any atom is -0.322 e. The predicted molar refractivity (Wildman–Crippen MR) is 68.9 cm³/mol. The zero-order chi connectivity index (χ0) is 12.4. The second-order valence-corrected chi connectivity index (χ2v) is 5.32. The number of halogens is 2. The van der Waals surface area contributed by atoms with Gasteiger partial charge in [-0.1, -0.05) is 17.7 Å². The van der Waals surface area contributed by atoms with Gasteiger partial charge in [-0.05, 0) is 31.0 Å². The standard InChI is InChI=1S/C12H12ClFN2S/c1-7-16-12(6-17-7)11(15)5-8-2-3-10(14)9(13)4-8/h2-4,6,11H,5,15H2,1H3. The molecule has 0 saturated heterocycles. The van der Waals surface area contributed by atoms with E-state index in [-0.39, 0.29) is 11.1 Å². The van der Waals surface area contributed by atoms with E-state index in [9.17, 15) is 4.39 Å². The summed E-state index contributed by atoms with van der Waals surface area (Å²) < 4.78 is 13.0. The zero-order valence-electron chi connectivity index (χ0n) is 9.28. The van der Waals surface area contributed by atoms with Gasteiger partial charge in [-0.2, -0.15) is 0 Å². The van der Waals surface area contributed by atoms with Crippen LogP contribution in [0.3, 0.4) is 0 Å². The van der Waals surface area contributed by atoms with Crippen LogP contribution in [0.15, 0.2) is 23.6 Å². The van der Waals surface area contributed by atoms with Crippen molar-refractivity contribution in [2.75, 3.05) is 0 Å². The monoisotopic (exact) mass is 270 g/mol. The lowest BCUT2D eigenvalue weighted by Gasteiger charge is -2.09. The van der Waals surface area contributed by atoms with E-state index >= 15 is 0 Å². The molecule has 0 spiro atoms. The number of nitrogens with two attached hydrogens (primary N) is 1. The third kappa shape index (κ3) is 3.03. The van der Waals surface area contributed by atoms with Gasteiger partial charge in [0.25, 0.3) is 0 Å². The van der Waals surface area contributed by atoms with Crippen molar-refractivity contribution < 1.29 is 4.39 Å². The smallest absolute Gasteiger partial charge is 0.141 e. The van der Waals surface area contributed by atoms with E-state index in [0.29, 0.717) is 6.42 Å². The average Bonchev–Trinajstić information content (AvgIpc) is 2.70. The first kappa shape index (κ1) is 12.5. The Hall–Kier alpha value is -0.970. The van der Waals surface area contributed by atoms with E-state index in [1.165, 1.54) is 6.07 Å². The third-order valence-corrected chi connectivity index (χ3v) is 3.54. The van der Waals surface area contributed by atoms with E-state index in [1.807, 2.05) is 12.3 Å². The molecule has 2 aromatic rings. The fourth-order valence-electron chi connectivity index (χ4n) is 1.58. The van der Waals surface area contributed by atoms with Crippen LogP contribution in [0.1, 0.15) is 22.3 Å². The molecule has 1 heterocycles. The maximum atomic E-state index is 13.0. The van der Waals surface area contributed by atoms with Crippen LogP contribution in [0.4, 0.5) is 4.39 Å². The minimum atomic E-state index is -0.409. The summed E-state index contributed by atoms with van der Waals surface area (Å²) in [4.78, 5) is 4.33. The molecule has 2 nitrogen and oxygen atoms in total. The third-order valence-electron chi connectivity index (χ3n) is 2.46. The summed E-state index contributed by atoms with van der Waals surface area (Å²) in [5, 5.41) is 3.07. The minimum absolute atomic E-state index is 0.129. The molecule has 0 fully saturated rings. The number of thiazole rings is 1. The van der Waals surface area contributed by atoms with Gasteiger partial charge in [-0.15, -0.1) is 11.3 Å². The molecule has 0 aliphatic rings. The maximum absolute atomic E-state index is 13.0. The number of nitrogens with zero attached hydrogens (tertiary/aromatic N) is 1. The predicted octanol–water partition coefficient (Wildman–Crippen LogP) is 3.49. The molecule has 0 aliphatic heterocycles. The topological polar surface area (TPSA) is 38.9 Å². The number of hydrogen-bond acceptors (Lipinski definition) is 3. The molecule has 0 amide bonds. The quantitative estimate of drug-likeness (QED) is 0.927. The van der Waals surface area contributed by atoms with Crippen LogP contribution in [-0.2, 0) is 6.42 Å². The Kier molecular flexibility index (Phi) is 3.76. The Labute approximate surface area is 108 Å². The summed E-state index contributed by atoms with van der Waals surface area (Å²) in [7, 11) is 0. The molecule has 5 heteroatoms. The first-order valence-corrected chi connectivity index (χ1v) is 6.43. The summed E-state index contributed by atoms with van der Waals surface area (Å²) >= 11 is 7.29. The molecule has 0 saturated carbocycles. The number of benzene rings is 1. The summed E-state index contributed by atoms with van der Waals surface area (Å²) in [6, 6.07) is 4.48. The van der Waals surface area contributed by atoms with Crippen molar-refractivity contribution in [3.05, 3.63) is 50.7 Å². The van der Waals surface area contributed by atoms with Gasteiger partial charge >= 0.3 is 0 Å². The average molecular weight is 271 g/mol. The normalized spacial score (nSPS) is 12.7. The zero-order valence-corrected chi connectivity index (χ0v) is 10.9. The van der Waals surface area contributed by atoms with E-state index in [1.54, 1.807) is 23.5 Å². The van der Waals surface area contributed by atoms with Gasteiger partial charge in [0.05, 0.1) is 21.8 Å². The lowest BCUT2D eigenvalue weighted by atomic mass is 10.0. The molecule has 1 aromatic carbocycles. The van der Waals surface area contributed by atoms with Crippen LogP contribution in [-0.4, -0.2) is 4.98 Å². The Morgan fingerprint density at radius 1 is 1.53 bits per heavy atom. The maximum Gasteiger partial charge on any atom is 0.141 e. The summed E-state index contributed by atoms with van der Waals surface area (Å²) in [5.74, 6) is -0.409. The Bertz CT molecular complexity index is 527. The molecule has 1 atom stereocenters. The molecule has 0 bridgehead atoms. The summed E-state index contributed by atoms with van der Waals surface area (Å²) in [6.07, 6.45) is 0.600. The van der Waals surface area contributed by atoms with Crippen LogP contribution in [0.25, 0.3) is 0 Å². The molecule has 2 N–H and O–H groups in total. The molecule has 2 rings (SSSR count). The molecular weight excluding hydrogens is 259 g/mol. The van der Waals surface area contributed by atoms with Gasteiger partial charge in [0.2, 0.25) is 0 Å². The van der Waals surface area contributed by atoms with Gasteiger partial charge in [-0.25, -0.2) is 9.37 Å². The number of rotatable bonds is 3. The highest BCUT2D eigenvalue weighted by molar-refractivity contribution is 7.09. The van der Waals surface area contributed by atoms with Gasteiger partial charge in [0.1, 0.15) is 5.82 Å². The van der Waals surface area contributed by atoms with Crippen LogP contribution in [0.2, 0.25) is 5.02 Å². The molecule has 0 aliphatic carbocycles. The van der Waals surface area contributed by atoms with E-state index in [0.717, 1.165) is 16.3 Å². The molecule has 17 heavy (non-hydrogen) atoms. The van der Waals surface area contributed by atoms with Crippen molar-refractivity contribution in [3.8, 4) is 0 Å². The second-order valence-electron chi connectivity index (χ2n) is 3.85.